The summed E-state index contributed by atoms with van der Waals surface area (Å²) in [5, 5.41) is 8.98. The molecule has 1 amide bonds. The summed E-state index contributed by atoms with van der Waals surface area (Å²) < 4.78 is 5.39. The van der Waals surface area contributed by atoms with E-state index in [1.807, 2.05) is 6.92 Å². The first kappa shape index (κ1) is 12.4. The normalized spacial score (nSPS) is 33.7. The highest BCUT2D eigenvalue weighted by atomic mass is 16.5. The predicted octanol–water partition coefficient (Wildman–Crippen LogP) is 0.735. The Balaban J connectivity index is 1.93. The Labute approximate surface area is 101 Å². The van der Waals surface area contributed by atoms with Crippen molar-refractivity contribution in [2.75, 3.05) is 19.7 Å². The summed E-state index contributed by atoms with van der Waals surface area (Å²) in [6.07, 6.45) is 2.36. The van der Waals surface area contributed by atoms with E-state index < -0.39 is 11.9 Å². The number of piperidine rings is 1. The number of amides is 1. The van der Waals surface area contributed by atoms with Crippen molar-refractivity contribution in [3.63, 3.8) is 0 Å². The minimum atomic E-state index is -0.793. The average molecular weight is 241 g/mol. The van der Waals surface area contributed by atoms with Crippen LogP contribution in [-0.4, -0.2) is 47.7 Å². The van der Waals surface area contributed by atoms with Gasteiger partial charge in [-0.25, -0.2) is 0 Å². The molecule has 2 unspecified atom stereocenters. The smallest absolute Gasteiger partial charge is 0.308 e. The summed E-state index contributed by atoms with van der Waals surface area (Å²) in [6, 6.07) is 0. The number of carboxylic acids is 1. The molecule has 2 aliphatic heterocycles. The molecule has 2 heterocycles. The first-order chi connectivity index (χ1) is 8.08. The standard InChI is InChI=1S/C12H19NO4/c1-8-5-10(7-17-8)11(14)13-4-2-3-9(6-13)12(15)16/h8-10H,2-7H2,1H3,(H,15,16)/t8?,9-,10?/m0/s1. The van der Waals surface area contributed by atoms with Gasteiger partial charge in [-0.05, 0) is 26.2 Å². The van der Waals surface area contributed by atoms with Crippen molar-refractivity contribution in [2.45, 2.75) is 32.3 Å². The molecule has 2 aliphatic rings. The maximum absolute atomic E-state index is 12.2. The van der Waals surface area contributed by atoms with Gasteiger partial charge in [-0.15, -0.1) is 0 Å². The Morgan fingerprint density at radius 2 is 2.12 bits per heavy atom. The minimum Gasteiger partial charge on any atom is -0.481 e. The molecule has 96 valence electrons. The van der Waals surface area contributed by atoms with Crippen molar-refractivity contribution >= 4 is 11.9 Å². The van der Waals surface area contributed by atoms with Crippen LogP contribution in [0.5, 0.6) is 0 Å². The number of carboxylic acid groups (broad SMARTS) is 1. The topological polar surface area (TPSA) is 66.8 Å². The van der Waals surface area contributed by atoms with Crippen molar-refractivity contribution in [1.29, 1.82) is 0 Å². The lowest BCUT2D eigenvalue weighted by Gasteiger charge is -2.32. The predicted molar refractivity (Wildman–Crippen MR) is 60.5 cm³/mol. The Morgan fingerprint density at radius 3 is 2.71 bits per heavy atom. The third kappa shape index (κ3) is 2.77. The summed E-state index contributed by atoms with van der Waals surface area (Å²) in [6.45, 7) is 3.49. The molecule has 3 atom stereocenters. The van der Waals surface area contributed by atoms with E-state index in [4.69, 9.17) is 9.84 Å². The van der Waals surface area contributed by atoms with Crippen LogP contribution in [0.15, 0.2) is 0 Å². The number of carbonyl (C=O) groups excluding carboxylic acids is 1. The minimum absolute atomic E-state index is 0.0697. The molecule has 0 aliphatic carbocycles. The summed E-state index contributed by atoms with van der Waals surface area (Å²) in [5.74, 6) is -1.19. The van der Waals surface area contributed by atoms with Gasteiger partial charge < -0.3 is 14.7 Å². The van der Waals surface area contributed by atoms with Gasteiger partial charge in [0.2, 0.25) is 5.91 Å². The molecule has 2 saturated heterocycles. The highest BCUT2D eigenvalue weighted by molar-refractivity contribution is 5.80. The van der Waals surface area contributed by atoms with Crippen LogP contribution in [-0.2, 0) is 14.3 Å². The molecule has 0 aromatic heterocycles. The lowest BCUT2D eigenvalue weighted by molar-refractivity contribution is -0.146. The number of hydrogen-bond donors (Lipinski definition) is 1. The zero-order valence-electron chi connectivity index (χ0n) is 10.1. The first-order valence-electron chi connectivity index (χ1n) is 6.21. The summed E-state index contributed by atoms with van der Waals surface area (Å²) in [7, 11) is 0. The van der Waals surface area contributed by atoms with Crippen LogP contribution < -0.4 is 0 Å². The second-order valence-corrected chi connectivity index (χ2v) is 5.04. The van der Waals surface area contributed by atoms with E-state index >= 15 is 0 Å². The van der Waals surface area contributed by atoms with Crippen molar-refractivity contribution in [1.82, 2.24) is 4.90 Å². The highest BCUT2D eigenvalue weighted by Gasteiger charge is 2.35. The fourth-order valence-electron chi connectivity index (χ4n) is 2.63. The lowest BCUT2D eigenvalue weighted by atomic mass is 9.96. The zero-order valence-corrected chi connectivity index (χ0v) is 10.1. The van der Waals surface area contributed by atoms with Gasteiger partial charge in [-0.1, -0.05) is 0 Å². The second kappa shape index (κ2) is 5.04. The molecule has 0 saturated carbocycles. The van der Waals surface area contributed by atoms with Gasteiger partial charge in [0.1, 0.15) is 0 Å². The maximum Gasteiger partial charge on any atom is 0.308 e. The third-order valence-electron chi connectivity index (χ3n) is 3.63. The molecule has 17 heavy (non-hydrogen) atoms. The van der Waals surface area contributed by atoms with Crippen LogP contribution >= 0.6 is 0 Å². The van der Waals surface area contributed by atoms with E-state index in [1.54, 1.807) is 4.90 Å². The molecule has 1 N–H and O–H groups in total. The summed E-state index contributed by atoms with van der Waals surface area (Å²) in [4.78, 5) is 24.8. The molecular weight excluding hydrogens is 222 g/mol. The fraction of sp³-hybridized carbons (Fsp3) is 0.833. The summed E-state index contributed by atoms with van der Waals surface area (Å²) in [5.41, 5.74) is 0. The largest absolute Gasteiger partial charge is 0.481 e. The molecule has 5 heteroatoms. The van der Waals surface area contributed by atoms with Crippen LogP contribution in [0.1, 0.15) is 26.2 Å². The van der Waals surface area contributed by atoms with Crippen LogP contribution in [0.4, 0.5) is 0 Å². The van der Waals surface area contributed by atoms with E-state index in [-0.39, 0.29) is 17.9 Å². The van der Waals surface area contributed by atoms with Crippen LogP contribution in [0.3, 0.4) is 0 Å². The molecule has 2 fully saturated rings. The number of likely N-dealkylation sites (tertiary alicyclic amines) is 1. The fourth-order valence-corrected chi connectivity index (χ4v) is 2.63. The first-order valence-corrected chi connectivity index (χ1v) is 6.21. The monoisotopic (exact) mass is 241 g/mol. The van der Waals surface area contributed by atoms with Gasteiger partial charge >= 0.3 is 5.97 Å². The van der Waals surface area contributed by atoms with E-state index in [1.165, 1.54) is 0 Å². The molecular formula is C12H19NO4. The van der Waals surface area contributed by atoms with Crippen LogP contribution in [0.25, 0.3) is 0 Å². The number of hydrogen-bond acceptors (Lipinski definition) is 3. The number of aliphatic carboxylic acids is 1. The van der Waals surface area contributed by atoms with Crippen LogP contribution in [0.2, 0.25) is 0 Å². The molecule has 0 bridgehead atoms. The SMILES string of the molecule is CC1CC(C(=O)N2CCC[C@H](C(=O)O)C2)CO1. The van der Waals surface area contributed by atoms with E-state index in [2.05, 4.69) is 0 Å². The Morgan fingerprint density at radius 1 is 1.35 bits per heavy atom. The Hall–Kier alpha value is -1.10. The van der Waals surface area contributed by atoms with Gasteiger partial charge in [0, 0.05) is 13.1 Å². The van der Waals surface area contributed by atoms with Gasteiger partial charge in [-0.3, -0.25) is 9.59 Å². The average Bonchev–Trinajstić information content (AvgIpc) is 2.75. The van der Waals surface area contributed by atoms with Crippen molar-refractivity contribution in [2.24, 2.45) is 11.8 Å². The van der Waals surface area contributed by atoms with Crippen LogP contribution in [0, 0.1) is 11.8 Å². The van der Waals surface area contributed by atoms with Crippen molar-refractivity contribution < 1.29 is 19.4 Å². The number of nitrogens with zero attached hydrogens (tertiary/aromatic N) is 1. The molecule has 0 spiro atoms. The molecule has 0 radical (unpaired) electrons. The van der Waals surface area contributed by atoms with E-state index in [0.717, 1.165) is 12.8 Å². The Bertz CT molecular complexity index is 318. The van der Waals surface area contributed by atoms with Gasteiger partial charge in [-0.2, -0.15) is 0 Å². The number of carbonyl (C=O) groups is 2. The van der Waals surface area contributed by atoms with Gasteiger partial charge in [0.15, 0.2) is 0 Å². The third-order valence-corrected chi connectivity index (χ3v) is 3.63. The zero-order chi connectivity index (χ0) is 12.4. The quantitative estimate of drug-likeness (QED) is 0.774. The Kier molecular flexibility index (Phi) is 3.66. The van der Waals surface area contributed by atoms with E-state index in [0.29, 0.717) is 26.1 Å². The van der Waals surface area contributed by atoms with E-state index in [9.17, 15) is 9.59 Å². The maximum atomic E-state index is 12.2. The highest BCUT2D eigenvalue weighted by Crippen LogP contribution is 2.24. The second-order valence-electron chi connectivity index (χ2n) is 5.04. The number of ether oxygens (including phenoxy) is 1. The molecule has 0 aromatic carbocycles. The van der Waals surface area contributed by atoms with Gasteiger partial charge in [0.05, 0.1) is 24.5 Å². The summed E-state index contributed by atoms with van der Waals surface area (Å²) >= 11 is 0. The van der Waals surface area contributed by atoms with Gasteiger partial charge in [0.25, 0.3) is 0 Å². The number of rotatable bonds is 2. The van der Waals surface area contributed by atoms with Crippen molar-refractivity contribution in [3.8, 4) is 0 Å². The lowest BCUT2D eigenvalue weighted by Crippen LogP contribution is -2.45. The van der Waals surface area contributed by atoms with Crippen molar-refractivity contribution in [3.05, 3.63) is 0 Å². The molecule has 0 aromatic rings. The molecule has 2 rings (SSSR count). The molecule has 5 nitrogen and oxygen atoms in total.